The highest BCUT2D eigenvalue weighted by molar-refractivity contribution is 5.90. The molecule has 2 aromatic rings. The lowest BCUT2D eigenvalue weighted by Crippen LogP contribution is -2.49. The molecule has 0 spiro atoms. The summed E-state index contributed by atoms with van der Waals surface area (Å²) in [6.07, 6.45) is 7.47. The van der Waals surface area contributed by atoms with E-state index in [0.29, 0.717) is 12.6 Å². The van der Waals surface area contributed by atoms with Crippen molar-refractivity contribution >= 4 is 17.8 Å². The number of urea groups is 1. The summed E-state index contributed by atoms with van der Waals surface area (Å²) in [6.45, 7) is 12.8. The summed E-state index contributed by atoms with van der Waals surface area (Å²) in [4.78, 5) is 35.9. The SMILES string of the molecule is CC(C)(C)OC(=O)N(Cc1ccccc1NC(=O)N1CCC(N2CCCCC2)CC1)C1CCN(Cc2ccccc2)CC1. The number of benzene rings is 2. The van der Waals surface area contributed by atoms with Gasteiger partial charge >= 0.3 is 12.1 Å². The minimum atomic E-state index is -0.586. The van der Waals surface area contributed by atoms with Gasteiger partial charge in [-0.05, 0) is 89.6 Å². The number of nitrogens with one attached hydrogen (secondary N) is 1. The number of para-hydroxylation sites is 1. The normalized spacial score (nSPS) is 19.7. The first-order valence-corrected chi connectivity index (χ1v) is 16.4. The van der Waals surface area contributed by atoms with E-state index in [4.69, 9.17) is 4.74 Å². The van der Waals surface area contributed by atoms with Gasteiger partial charge in [-0.3, -0.25) is 4.90 Å². The van der Waals surface area contributed by atoms with Crippen LogP contribution in [0.5, 0.6) is 0 Å². The Hall–Kier alpha value is -3.10. The molecule has 8 nitrogen and oxygen atoms in total. The molecule has 8 heteroatoms. The van der Waals surface area contributed by atoms with Crippen molar-refractivity contribution in [2.24, 2.45) is 0 Å². The molecule has 3 aliphatic heterocycles. The van der Waals surface area contributed by atoms with Crippen LogP contribution in [0, 0.1) is 0 Å². The van der Waals surface area contributed by atoms with Crippen molar-refractivity contribution in [2.75, 3.05) is 44.6 Å². The monoisotopic (exact) mass is 589 g/mol. The molecule has 1 N–H and O–H groups in total. The Balaban J connectivity index is 1.22. The van der Waals surface area contributed by atoms with E-state index in [1.807, 2.05) is 60.9 Å². The first-order valence-electron chi connectivity index (χ1n) is 16.4. The zero-order valence-electron chi connectivity index (χ0n) is 26.5. The Labute approximate surface area is 258 Å². The molecule has 2 aromatic carbocycles. The average Bonchev–Trinajstić information content (AvgIpc) is 3.01. The Morgan fingerprint density at radius 3 is 2.16 bits per heavy atom. The fourth-order valence-corrected chi connectivity index (χ4v) is 6.77. The van der Waals surface area contributed by atoms with Crippen LogP contribution >= 0.6 is 0 Å². The molecule has 3 amide bonds. The summed E-state index contributed by atoms with van der Waals surface area (Å²) in [5.41, 5.74) is 2.42. The number of piperidine rings is 3. The highest BCUT2D eigenvalue weighted by atomic mass is 16.6. The molecule has 0 radical (unpaired) electrons. The third-order valence-corrected chi connectivity index (χ3v) is 9.13. The van der Waals surface area contributed by atoms with Crippen LogP contribution in [0.15, 0.2) is 54.6 Å². The van der Waals surface area contributed by atoms with E-state index in [1.165, 1.54) is 37.9 Å². The minimum absolute atomic E-state index is 0.0532. The van der Waals surface area contributed by atoms with Gasteiger partial charge in [0.1, 0.15) is 5.60 Å². The van der Waals surface area contributed by atoms with Crippen molar-refractivity contribution in [2.45, 2.75) is 96.5 Å². The summed E-state index contributed by atoms with van der Waals surface area (Å²) in [5, 5.41) is 3.19. The van der Waals surface area contributed by atoms with Crippen LogP contribution in [-0.4, -0.2) is 88.7 Å². The molecule has 0 atom stereocenters. The third kappa shape index (κ3) is 8.96. The van der Waals surface area contributed by atoms with E-state index < -0.39 is 5.60 Å². The van der Waals surface area contributed by atoms with Crippen LogP contribution < -0.4 is 5.32 Å². The van der Waals surface area contributed by atoms with Crippen molar-refractivity contribution in [3.63, 3.8) is 0 Å². The molecule has 0 unspecified atom stereocenters. The lowest BCUT2D eigenvalue weighted by molar-refractivity contribution is 0.00544. The topological polar surface area (TPSA) is 68.4 Å². The fraction of sp³-hybridized carbons (Fsp3) is 0.600. The van der Waals surface area contributed by atoms with Crippen LogP contribution in [0.4, 0.5) is 15.3 Å². The number of likely N-dealkylation sites (tertiary alicyclic amines) is 3. The molecule has 0 aliphatic carbocycles. The van der Waals surface area contributed by atoms with Crippen molar-refractivity contribution in [3.05, 3.63) is 65.7 Å². The predicted octanol–water partition coefficient (Wildman–Crippen LogP) is 6.57. The van der Waals surface area contributed by atoms with Gasteiger partial charge in [-0.25, -0.2) is 9.59 Å². The van der Waals surface area contributed by atoms with E-state index in [9.17, 15) is 9.59 Å². The minimum Gasteiger partial charge on any atom is -0.444 e. The molecular weight excluding hydrogens is 538 g/mol. The van der Waals surface area contributed by atoms with E-state index >= 15 is 0 Å². The van der Waals surface area contributed by atoms with Crippen LogP contribution in [-0.2, 0) is 17.8 Å². The standard InChI is InChI=1S/C35H51N5O3/c1-35(2,3)43-34(42)40(31-16-22-37(23-17-31)26-28-12-6-4-7-13-28)27-29-14-8-9-15-32(29)36-33(41)39-24-18-30(19-25-39)38-20-10-5-11-21-38/h4,6-9,12-15,30-31H,5,10-11,16-27H2,1-3H3,(H,36,41). The number of anilines is 1. The highest BCUT2D eigenvalue weighted by Crippen LogP contribution is 2.27. The van der Waals surface area contributed by atoms with Crippen molar-refractivity contribution in [1.29, 1.82) is 0 Å². The van der Waals surface area contributed by atoms with E-state index in [1.54, 1.807) is 0 Å². The maximum atomic E-state index is 13.6. The fourth-order valence-electron chi connectivity index (χ4n) is 6.77. The van der Waals surface area contributed by atoms with Gasteiger partial charge < -0.3 is 24.8 Å². The van der Waals surface area contributed by atoms with E-state index in [0.717, 1.165) is 69.7 Å². The quantitative estimate of drug-likeness (QED) is 0.396. The summed E-state index contributed by atoms with van der Waals surface area (Å²) in [7, 11) is 0. The number of ether oxygens (including phenoxy) is 1. The van der Waals surface area contributed by atoms with Gasteiger partial charge in [0, 0.05) is 50.5 Å². The summed E-state index contributed by atoms with van der Waals surface area (Å²) in [6, 6.07) is 19.0. The van der Waals surface area contributed by atoms with Gasteiger partial charge in [-0.15, -0.1) is 0 Å². The second kappa shape index (κ2) is 14.6. The van der Waals surface area contributed by atoms with Crippen LogP contribution in [0.2, 0.25) is 0 Å². The van der Waals surface area contributed by atoms with Crippen molar-refractivity contribution in [3.8, 4) is 0 Å². The second-order valence-corrected chi connectivity index (χ2v) is 13.5. The highest BCUT2D eigenvalue weighted by Gasteiger charge is 2.32. The summed E-state index contributed by atoms with van der Waals surface area (Å²) < 4.78 is 5.90. The maximum absolute atomic E-state index is 13.6. The Morgan fingerprint density at radius 1 is 0.837 bits per heavy atom. The molecule has 43 heavy (non-hydrogen) atoms. The number of nitrogens with zero attached hydrogens (tertiary/aromatic N) is 4. The molecule has 0 saturated carbocycles. The molecule has 0 aromatic heterocycles. The van der Waals surface area contributed by atoms with Crippen molar-refractivity contribution in [1.82, 2.24) is 19.6 Å². The van der Waals surface area contributed by atoms with Crippen LogP contribution in [0.3, 0.4) is 0 Å². The van der Waals surface area contributed by atoms with E-state index in [-0.39, 0.29) is 18.2 Å². The van der Waals surface area contributed by atoms with Gasteiger partial charge in [0.05, 0.1) is 6.54 Å². The van der Waals surface area contributed by atoms with Gasteiger partial charge in [-0.1, -0.05) is 55.0 Å². The molecule has 3 fully saturated rings. The molecule has 0 bridgehead atoms. The average molecular weight is 590 g/mol. The molecule has 3 saturated heterocycles. The molecular formula is C35H51N5O3. The van der Waals surface area contributed by atoms with Crippen molar-refractivity contribution < 1.29 is 14.3 Å². The first kappa shape index (κ1) is 31.3. The van der Waals surface area contributed by atoms with Gasteiger partial charge in [-0.2, -0.15) is 0 Å². The number of rotatable bonds is 7. The zero-order valence-corrected chi connectivity index (χ0v) is 26.5. The zero-order chi connectivity index (χ0) is 30.2. The maximum Gasteiger partial charge on any atom is 0.410 e. The molecule has 234 valence electrons. The smallest absolute Gasteiger partial charge is 0.410 e. The van der Waals surface area contributed by atoms with Crippen LogP contribution in [0.25, 0.3) is 0 Å². The number of carbonyl (C=O) groups excluding carboxylic acids is 2. The lowest BCUT2D eigenvalue weighted by atomic mass is 10.00. The Morgan fingerprint density at radius 2 is 1.49 bits per heavy atom. The molecule has 5 rings (SSSR count). The third-order valence-electron chi connectivity index (χ3n) is 9.13. The molecule has 3 heterocycles. The first-order chi connectivity index (χ1) is 20.7. The lowest BCUT2D eigenvalue weighted by Gasteiger charge is -2.40. The van der Waals surface area contributed by atoms with Gasteiger partial charge in [0.25, 0.3) is 0 Å². The second-order valence-electron chi connectivity index (χ2n) is 13.5. The Kier molecular flexibility index (Phi) is 10.6. The van der Waals surface area contributed by atoms with Gasteiger partial charge in [0.2, 0.25) is 0 Å². The summed E-state index contributed by atoms with van der Waals surface area (Å²) >= 11 is 0. The number of amides is 3. The Bertz CT molecular complexity index is 1180. The molecule has 3 aliphatic rings. The predicted molar refractivity (Wildman–Crippen MR) is 172 cm³/mol. The van der Waals surface area contributed by atoms with Gasteiger partial charge in [0.15, 0.2) is 0 Å². The van der Waals surface area contributed by atoms with E-state index in [2.05, 4.69) is 39.4 Å². The number of carbonyl (C=O) groups is 2. The summed E-state index contributed by atoms with van der Waals surface area (Å²) in [5.74, 6) is 0. The largest absolute Gasteiger partial charge is 0.444 e. The number of hydrogen-bond donors (Lipinski definition) is 1. The number of hydrogen-bond acceptors (Lipinski definition) is 5. The van der Waals surface area contributed by atoms with Crippen LogP contribution in [0.1, 0.15) is 76.8 Å².